The summed E-state index contributed by atoms with van der Waals surface area (Å²) in [6.07, 6.45) is 7.56. The zero-order valence-corrected chi connectivity index (χ0v) is 15.9. The Labute approximate surface area is 158 Å². The Morgan fingerprint density at radius 2 is 1.93 bits per heavy atom. The summed E-state index contributed by atoms with van der Waals surface area (Å²) in [7, 11) is 0. The van der Waals surface area contributed by atoms with Gasteiger partial charge >= 0.3 is 0 Å². The van der Waals surface area contributed by atoms with Gasteiger partial charge in [-0.15, -0.1) is 10.2 Å². The van der Waals surface area contributed by atoms with Gasteiger partial charge in [0.1, 0.15) is 5.76 Å². The minimum absolute atomic E-state index is 0.162. The highest BCUT2D eigenvalue weighted by atomic mass is 16.5. The number of hydrogen-bond donors (Lipinski definition) is 0. The Kier molecular flexibility index (Phi) is 5.52. The molecule has 3 heterocycles. The molecule has 0 bridgehead atoms. The van der Waals surface area contributed by atoms with Gasteiger partial charge in [-0.1, -0.05) is 24.4 Å². The molecule has 0 N–H and O–H groups in total. The second kappa shape index (κ2) is 8.21. The molecule has 1 aliphatic heterocycles. The first-order valence-corrected chi connectivity index (χ1v) is 9.97. The first-order valence-electron chi connectivity index (χ1n) is 9.97. The number of nitrogens with zero attached hydrogens (tertiary/aromatic N) is 5. The molecule has 1 aliphatic carbocycles. The zero-order chi connectivity index (χ0) is 18.6. The van der Waals surface area contributed by atoms with Gasteiger partial charge in [0.2, 0.25) is 11.8 Å². The topological polar surface area (TPSA) is 88.5 Å². The van der Waals surface area contributed by atoms with Crippen molar-refractivity contribution in [3.8, 4) is 11.6 Å². The van der Waals surface area contributed by atoms with Crippen molar-refractivity contribution in [2.24, 2.45) is 0 Å². The predicted molar refractivity (Wildman–Crippen MR) is 97.9 cm³/mol. The molecule has 27 heavy (non-hydrogen) atoms. The van der Waals surface area contributed by atoms with Crippen LogP contribution in [0.5, 0.6) is 0 Å². The predicted octanol–water partition coefficient (Wildman–Crippen LogP) is 2.44. The summed E-state index contributed by atoms with van der Waals surface area (Å²) < 4.78 is 10.6. The summed E-state index contributed by atoms with van der Waals surface area (Å²) >= 11 is 0. The molecule has 0 spiro atoms. The summed E-state index contributed by atoms with van der Waals surface area (Å²) in [5, 5.41) is 11.9. The first-order chi connectivity index (χ1) is 13.2. The minimum atomic E-state index is 0.162. The van der Waals surface area contributed by atoms with Crippen molar-refractivity contribution in [1.82, 2.24) is 25.2 Å². The van der Waals surface area contributed by atoms with Crippen molar-refractivity contribution in [2.75, 3.05) is 26.2 Å². The molecule has 8 nitrogen and oxygen atoms in total. The van der Waals surface area contributed by atoms with Crippen molar-refractivity contribution < 1.29 is 13.7 Å². The highest BCUT2D eigenvalue weighted by Crippen LogP contribution is 2.24. The quantitative estimate of drug-likeness (QED) is 0.795. The van der Waals surface area contributed by atoms with E-state index in [2.05, 4.69) is 20.3 Å². The molecule has 0 radical (unpaired) electrons. The average molecular weight is 373 g/mol. The van der Waals surface area contributed by atoms with Gasteiger partial charge in [0.15, 0.2) is 5.69 Å². The second-order valence-corrected chi connectivity index (χ2v) is 7.53. The van der Waals surface area contributed by atoms with Crippen LogP contribution in [0, 0.1) is 6.92 Å². The number of carbonyl (C=O) groups is 1. The molecule has 8 heteroatoms. The lowest BCUT2D eigenvalue weighted by Crippen LogP contribution is -2.52. The van der Waals surface area contributed by atoms with Crippen LogP contribution >= 0.6 is 0 Å². The molecule has 2 fully saturated rings. The lowest BCUT2D eigenvalue weighted by molar-refractivity contribution is -0.133. The molecular weight excluding hydrogens is 346 g/mol. The fraction of sp³-hybridized carbons (Fsp3) is 0.684. The molecule has 1 amide bonds. The normalized spacial score (nSPS) is 19.5. The van der Waals surface area contributed by atoms with Crippen molar-refractivity contribution in [1.29, 1.82) is 0 Å². The molecule has 2 aromatic heterocycles. The van der Waals surface area contributed by atoms with E-state index in [4.69, 9.17) is 8.94 Å². The van der Waals surface area contributed by atoms with Gasteiger partial charge in [0.05, 0.1) is 0 Å². The van der Waals surface area contributed by atoms with E-state index in [1.165, 1.54) is 32.1 Å². The number of amides is 1. The fourth-order valence-electron chi connectivity index (χ4n) is 4.08. The Hall–Kier alpha value is -2.22. The van der Waals surface area contributed by atoms with Crippen LogP contribution in [0.15, 0.2) is 15.0 Å². The van der Waals surface area contributed by atoms with Gasteiger partial charge < -0.3 is 13.8 Å². The Morgan fingerprint density at radius 1 is 1.15 bits per heavy atom. The highest BCUT2D eigenvalue weighted by molar-refractivity contribution is 5.76. The molecule has 0 atom stereocenters. The smallest absolute Gasteiger partial charge is 0.269 e. The Morgan fingerprint density at radius 3 is 2.63 bits per heavy atom. The summed E-state index contributed by atoms with van der Waals surface area (Å²) in [5.74, 6) is 1.64. The maximum atomic E-state index is 12.5. The largest absolute Gasteiger partial charge is 0.419 e. The van der Waals surface area contributed by atoms with Crippen LogP contribution in [0.1, 0.15) is 50.2 Å². The van der Waals surface area contributed by atoms with Crippen molar-refractivity contribution >= 4 is 5.91 Å². The first kappa shape index (κ1) is 18.2. The number of piperazine rings is 1. The standard InChI is InChI=1S/C19H27N5O3/c1-14-13-16(22-27-14)19-21-20-17(26-19)7-8-18(25)24-11-9-23(10-12-24)15-5-3-2-4-6-15/h13,15H,2-12H2,1H3. The third kappa shape index (κ3) is 4.37. The molecule has 146 valence electrons. The van der Waals surface area contributed by atoms with Gasteiger partial charge in [-0.05, 0) is 19.8 Å². The van der Waals surface area contributed by atoms with E-state index >= 15 is 0 Å². The molecule has 4 rings (SSSR count). The summed E-state index contributed by atoms with van der Waals surface area (Å²) in [6.45, 7) is 5.44. The molecule has 2 aromatic rings. The lowest BCUT2D eigenvalue weighted by atomic mass is 9.94. The van der Waals surface area contributed by atoms with Gasteiger partial charge in [-0.3, -0.25) is 9.69 Å². The fourth-order valence-corrected chi connectivity index (χ4v) is 4.08. The van der Waals surface area contributed by atoms with Crippen LogP contribution in [0.4, 0.5) is 0 Å². The molecule has 0 unspecified atom stereocenters. The number of carbonyl (C=O) groups excluding carboxylic acids is 1. The number of aromatic nitrogens is 3. The van der Waals surface area contributed by atoms with Crippen molar-refractivity contribution in [3.63, 3.8) is 0 Å². The van der Waals surface area contributed by atoms with E-state index in [9.17, 15) is 4.79 Å². The van der Waals surface area contributed by atoms with Crippen LogP contribution < -0.4 is 0 Å². The SMILES string of the molecule is Cc1cc(-c2nnc(CCC(=O)N3CCN(C4CCCCC4)CC3)o2)no1. The van der Waals surface area contributed by atoms with Crippen molar-refractivity contribution in [3.05, 3.63) is 17.7 Å². The third-order valence-electron chi connectivity index (χ3n) is 5.62. The highest BCUT2D eigenvalue weighted by Gasteiger charge is 2.27. The Balaban J connectivity index is 1.24. The van der Waals surface area contributed by atoms with E-state index < -0.39 is 0 Å². The van der Waals surface area contributed by atoms with Crippen LogP contribution in [-0.2, 0) is 11.2 Å². The van der Waals surface area contributed by atoms with Gasteiger partial charge in [-0.25, -0.2) is 0 Å². The van der Waals surface area contributed by atoms with Crippen LogP contribution in [0.25, 0.3) is 11.6 Å². The zero-order valence-electron chi connectivity index (χ0n) is 15.9. The van der Waals surface area contributed by atoms with Gasteiger partial charge in [-0.2, -0.15) is 0 Å². The van der Waals surface area contributed by atoms with E-state index in [1.807, 2.05) is 4.90 Å². The molecule has 1 saturated heterocycles. The van der Waals surface area contributed by atoms with Crippen LogP contribution in [0.2, 0.25) is 0 Å². The van der Waals surface area contributed by atoms with Crippen LogP contribution in [0.3, 0.4) is 0 Å². The van der Waals surface area contributed by atoms with E-state index in [0.717, 1.165) is 32.2 Å². The number of hydrogen-bond acceptors (Lipinski definition) is 7. The van der Waals surface area contributed by atoms with Gasteiger partial charge in [0.25, 0.3) is 5.89 Å². The third-order valence-corrected chi connectivity index (χ3v) is 5.62. The lowest BCUT2D eigenvalue weighted by Gasteiger charge is -2.40. The average Bonchev–Trinajstić information content (AvgIpc) is 3.36. The maximum Gasteiger partial charge on any atom is 0.269 e. The number of rotatable bonds is 5. The van der Waals surface area contributed by atoms with E-state index in [0.29, 0.717) is 36.1 Å². The minimum Gasteiger partial charge on any atom is -0.419 e. The monoisotopic (exact) mass is 373 g/mol. The molecule has 2 aliphatic rings. The second-order valence-electron chi connectivity index (χ2n) is 7.53. The maximum absolute atomic E-state index is 12.5. The molecule has 0 aromatic carbocycles. The number of aryl methyl sites for hydroxylation is 2. The van der Waals surface area contributed by atoms with E-state index in [1.54, 1.807) is 13.0 Å². The van der Waals surface area contributed by atoms with Crippen molar-refractivity contribution in [2.45, 2.75) is 57.9 Å². The van der Waals surface area contributed by atoms with E-state index in [-0.39, 0.29) is 5.91 Å². The molecular formula is C19H27N5O3. The van der Waals surface area contributed by atoms with Crippen LogP contribution in [-0.4, -0.2) is 63.3 Å². The van der Waals surface area contributed by atoms with Gasteiger partial charge in [0, 0.05) is 51.1 Å². The molecule has 1 saturated carbocycles. The summed E-state index contributed by atoms with van der Waals surface area (Å²) in [5.41, 5.74) is 0.524. The summed E-state index contributed by atoms with van der Waals surface area (Å²) in [4.78, 5) is 17.1. The Bertz CT molecular complexity index is 757. The summed E-state index contributed by atoms with van der Waals surface area (Å²) in [6, 6.07) is 2.47.